The highest BCUT2D eigenvalue weighted by Crippen LogP contribution is 2.39. The van der Waals surface area contributed by atoms with Crippen LogP contribution in [0.1, 0.15) is 81.6 Å². The van der Waals surface area contributed by atoms with Gasteiger partial charge in [0, 0.05) is 31.5 Å². The van der Waals surface area contributed by atoms with Gasteiger partial charge >= 0.3 is 0 Å². The van der Waals surface area contributed by atoms with E-state index in [9.17, 15) is 13.2 Å². The van der Waals surface area contributed by atoms with Gasteiger partial charge in [-0.1, -0.05) is 37.3 Å². The van der Waals surface area contributed by atoms with Gasteiger partial charge < -0.3 is 10.3 Å². The molecule has 156 valence electrons. The van der Waals surface area contributed by atoms with Gasteiger partial charge in [0.15, 0.2) is 0 Å². The molecule has 2 aliphatic carbocycles. The van der Waals surface area contributed by atoms with Crippen LogP contribution in [0, 0.1) is 5.41 Å². The Hall–Kier alpha value is -1.41. The van der Waals surface area contributed by atoms with Crippen LogP contribution in [0.4, 0.5) is 0 Å². The third-order valence-electron chi connectivity index (χ3n) is 7.04. The number of aromatic nitrogens is 1. The van der Waals surface area contributed by atoms with Crippen LogP contribution in [0.2, 0.25) is 0 Å². The average Bonchev–Trinajstić information content (AvgIpc) is 3.44. The summed E-state index contributed by atoms with van der Waals surface area (Å²) in [5.74, 6) is 0.616. The normalized spacial score (nSPS) is 28.1. The molecule has 1 atom stereocenters. The SMILES string of the molecule is NC(=O)[C@]1(Cc2cc(C3CCCCC3)no2)CCN(S(=O)(=O)C2CCCC2)C1. The van der Waals surface area contributed by atoms with Crippen molar-refractivity contribution in [2.24, 2.45) is 11.1 Å². The average molecular weight is 410 g/mol. The Kier molecular flexibility index (Phi) is 5.53. The summed E-state index contributed by atoms with van der Waals surface area (Å²) in [4.78, 5) is 12.4. The zero-order valence-corrected chi connectivity index (χ0v) is 17.3. The zero-order chi connectivity index (χ0) is 19.8. The molecule has 8 heteroatoms. The number of nitrogens with two attached hydrogens (primary N) is 1. The minimum absolute atomic E-state index is 0.153. The van der Waals surface area contributed by atoms with Gasteiger partial charge in [0.2, 0.25) is 15.9 Å². The molecule has 28 heavy (non-hydrogen) atoms. The molecular weight excluding hydrogens is 378 g/mol. The molecule has 1 aromatic rings. The van der Waals surface area contributed by atoms with Crippen molar-refractivity contribution in [1.82, 2.24) is 9.46 Å². The summed E-state index contributed by atoms with van der Waals surface area (Å²) >= 11 is 0. The van der Waals surface area contributed by atoms with Gasteiger partial charge in [0.25, 0.3) is 0 Å². The largest absolute Gasteiger partial charge is 0.369 e. The monoisotopic (exact) mass is 409 g/mol. The Morgan fingerprint density at radius 3 is 2.54 bits per heavy atom. The molecule has 2 heterocycles. The van der Waals surface area contributed by atoms with Gasteiger partial charge in [0.1, 0.15) is 5.76 Å². The fourth-order valence-electron chi connectivity index (χ4n) is 5.22. The number of nitrogens with zero attached hydrogens (tertiary/aromatic N) is 2. The highest BCUT2D eigenvalue weighted by atomic mass is 32.2. The maximum Gasteiger partial charge on any atom is 0.225 e. The number of rotatable bonds is 6. The van der Waals surface area contributed by atoms with Crippen LogP contribution in [-0.2, 0) is 21.2 Å². The van der Waals surface area contributed by atoms with Crippen LogP contribution in [0.5, 0.6) is 0 Å². The fourth-order valence-corrected chi connectivity index (χ4v) is 7.34. The van der Waals surface area contributed by atoms with Crippen molar-refractivity contribution < 1.29 is 17.7 Å². The first-order chi connectivity index (χ1) is 13.4. The maximum absolute atomic E-state index is 12.9. The first kappa shape index (κ1) is 19.9. The van der Waals surface area contributed by atoms with E-state index in [1.54, 1.807) is 0 Å². The number of carbonyl (C=O) groups is 1. The van der Waals surface area contributed by atoms with Crippen LogP contribution >= 0.6 is 0 Å². The van der Waals surface area contributed by atoms with E-state index in [0.29, 0.717) is 31.1 Å². The lowest BCUT2D eigenvalue weighted by molar-refractivity contribution is -0.127. The first-order valence-corrected chi connectivity index (χ1v) is 12.2. The van der Waals surface area contributed by atoms with E-state index >= 15 is 0 Å². The second kappa shape index (κ2) is 7.78. The Labute approximate surface area is 167 Å². The predicted octanol–water partition coefficient (Wildman–Crippen LogP) is 2.71. The van der Waals surface area contributed by atoms with Crippen molar-refractivity contribution in [2.45, 2.75) is 81.8 Å². The maximum atomic E-state index is 12.9. The van der Waals surface area contributed by atoms with Gasteiger partial charge in [-0.3, -0.25) is 4.79 Å². The fraction of sp³-hybridized carbons (Fsp3) is 0.800. The van der Waals surface area contributed by atoms with Crippen LogP contribution in [-0.4, -0.2) is 42.1 Å². The summed E-state index contributed by atoms with van der Waals surface area (Å²) in [6.45, 7) is 0.506. The highest BCUT2D eigenvalue weighted by Gasteiger charge is 2.49. The predicted molar refractivity (Wildman–Crippen MR) is 105 cm³/mol. The molecule has 3 aliphatic rings. The van der Waals surface area contributed by atoms with Gasteiger partial charge in [0.05, 0.1) is 16.4 Å². The minimum atomic E-state index is -3.37. The van der Waals surface area contributed by atoms with Crippen molar-refractivity contribution in [3.63, 3.8) is 0 Å². The van der Waals surface area contributed by atoms with Gasteiger partial charge in [-0.2, -0.15) is 0 Å². The molecule has 2 saturated carbocycles. The molecule has 7 nitrogen and oxygen atoms in total. The van der Waals surface area contributed by atoms with Crippen LogP contribution in [0.25, 0.3) is 0 Å². The Morgan fingerprint density at radius 1 is 1.18 bits per heavy atom. The van der Waals surface area contributed by atoms with Gasteiger partial charge in [-0.15, -0.1) is 0 Å². The molecule has 0 spiro atoms. The quantitative estimate of drug-likeness (QED) is 0.777. The summed E-state index contributed by atoms with van der Waals surface area (Å²) in [6.07, 6.45) is 10.1. The van der Waals surface area contributed by atoms with E-state index in [0.717, 1.165) is 44.2 Å². The molecule has 3 fully saturated rings. The minimum Gasteiger partial charge on any atom is -0.369 e. The van der Waals surface area contributed by atoms with Crippen LogP contribution in [0.3, 0.4) is 0 Å². The standard InChI is InChI=1S/C20H31N3O4S/c21-19(24)20(10-11-23(14-20)28(25,26)17-8-4-5-9-17)13-16-12-18(22-27-16)15-6-2-1-3-7-15/h12,15,17H,1-11,13-14H2,(H2,21,24)/t20-/m0/s1. The number of hydrogen-bond donors (Lipinski definition) is 1. The van der Waals surface area contributed by atoms with E-state index in [1.807, 2.05) is 6.07 Å². The third-order valence-corrected chi connectivity index (χ3v) is 9.38. The second-order valence-electron chi connectivity index (χ2n) is 8.91. The molecule has 4 rings (SSSR count). The zero-order valence-electron chi connectivity index (χ0n) is 16.4. The molecule has 1 saturated heterocycles. The van der Waals surface area contributed by atoms with Crippen molar-refractivity contribution in [3.05, 3.63) is 17.5 Å². The lowest BCUT2D eigenvalue weighted by atomic mass is 9.81. The summed E-state index contributed by atoms with van der Waals surface area (Å²) < 4.78 is 32.9. The number of amides is 1. The number of carbonyl (C=O) groups excluding carboxylic acids is 1. The van der Waals surface area contributed by atoms with E-state index in [-0.39, 0.29) is 11.8 Å². The van der Waals surface area contributed by atoms with Crippen molar-refractivity contribution in [1.29, 1.82) is 0 Å². The summed E-state index contributed by atoms with van der Waals surface area (Å²) in [6, 6.07) is 1.95. The van der Waals surface area contributed by atoms with E-state index in [1.165, 1.54) is 23.6 Å². The van der Waals surface area contributed by atoms with Gasteiger partial charge in [-0.05, 0) is 32.1 Å². The molecule has 1 aliphatic heterocycles. The molecular formula is C20H31N3O4S. The molecule has 2 N–H and O–H groups in total. The highest BCUT2D eigenvalue weighted by molar-refractivity contribution is 7.89. The van der Waals surface area contributed by atoms with Crippen molar-refractivity contribution >= 4 is 15.9 Å². The molecule has 0 aromatic carbocycles. The lowest BCUT2D eigenvalue weighted by Gasteiger charge is -2.26. The number of hydrogen-bond acceptors (Lipinski definition) is 5. The van der Waals surface area contributed by atoms with E-state index in [4.69, 9.17) is 10.3 Å². The smallest absolute Gasteiger partial charge is 0.225 e. The number of primary amides is 1. The Bertz CT molecular complexity index is 809. The van der Waals surface area contributed by atoms with Crippen LogP contribution < -0.4 is 5.73 Å². The topological polar surface area (TPSA) is 106 Å². The summed E-state index contributed by atoms with van der Waals surface area (Å²) in [5, 5.41) is 3.94. The molecule has 1 amide bonds. The molecule has 0 unspecified atom stereocenters. The van der Waals surface area contributed by atoms with Crippen LogP contribution in [0.15, 0.2) is 10.6 Å². The third kappa shape index (κ3) is 3.73. The molecule has 0 radical (unpaired) electrons. The summed E-state index contributed by atoms with van der Waals surface area (Å²) in [5.41, 5.74) is 5.82. The summed E-state index contributed by atoms with van der Waals surface area (Å²) in [7, 11) is -3.37. The van der Waals surface area contributed by atoms with Gasteiger partial charge in [-0.25, -0.2) is 12.7 Å². The Morgan fingerprint density at radius 2 is 1.86 bits per heavy atom. The van der Waals surface area contributed by atoms with Crippen molar-refractivity contribution in [2.75, 3.05) is 13.1 Å². The molecule has 1 aromatic heterocycles. The van der Waals surface area contributed by atoms with E-state index in [2.05, 4.69) is 5.16 Å². The van der Waals surface area contributed by atoms with Crippen molar-refractivity contribution in [3.8, 4) is 0 Å². The van der Waals surface area contributed by atoms with E-state index < -0.39 is 21.3 Å². The first-order valence-electron chi connectivity index (χ1n) is 10.7. The second-order valence-corrected chi connectivity index (χ2v) is 11.1. The number of sulfonamides is 1. The Balaban J connectivity index is 1.48. The lowest BCUT2D eigenvalue weighted by Crippen LogP contribution is -2.44. The molecule has 0 bridgehead atoms.